The van der Waals surface area contributed by atoms with Crippen LogP contribution in [0.3, 0.4) is 0 Å². The Hall–Kier alpha value is -1.14. The lowest BCUT2D eigenvalue weighted by Gasteiger charge is -2.21. The van der Waals surface area contributed by atoms with E-state index in [-0.39, 0.29) is 10.2 Å². The molecule has 0 heterocycles. The Balaban J connectivity index is 5.18. The molecule has 0 rings (SSSR count). The highest BCUT2D eigenvalue weighted by Gasteiger charge is 2.18. The van der Waals surface area contributed by atoms with Gasteiger partial charge in [0.15, 0.2) is 0 Å². The van der Waals surface area contributed by atoms with Crippen LogP contribution < -0.4 is 10.6 Å². The summed E-state index contributed by atoms with van der Waals surface area (Å²) in [5, 5.41) is 31.3. The van der Waals surface area contributed by atoms with E-state index in [2.05, 4.69) is 26.6 Å². The fourth-order valence-electron chi connectivity index (χ4n) is 1.16. The number of halogens is 1. The summed E-state index contributed by atoms with van der Waals surface area (Å²) >= 11 is 3.07. The molecule has 1 atom stereocenters. The molecule has 0 fully saturated rings. The summed E-state index contributed by atoms with van der Waals surface area (Å²) in [5.41, 5.74) is 0.611. The van der Waals surface area contributed by atoms with Gasteiger partial charge >= 0.3 is 0 Å². The molecule has 1 unspecified atom stereocenters. The van der Waals surface area contributed by atoms with Gasteiger partial charge in [-0.25, -0.2) is 0 Å². The van der Waals surface area contributed by atoms with E-state index in [1.165, 1.54) is 0 Å². The number of nitrogens with one attached hydrogen (secondary N) is 4. The van der Waals surface area contributed by atoms with Gasteiger partial charge in [-0.3, -0.25) is 5.41 Å². The van der Waals surface area contributed by atoms with Crippen LogP contribution in [0.2, 0.25) is 0 Å². The van der Waals surface area contributed by atoms with Gasteiger partial charge in [-0.2, -0.15) is 0 Å². The molecular formula is C13H23BrN4O. The van der Waals surface area contributed by atoms with Crippen LogP contribution in [0.25, 0.3) is 0 Å². The van der Waals surface area contributed by atoms with Crippen molar-refractivity contribution in [3.8, 4) is 0 Å². The molecule has 0 radical (unpaired) electrons. The first-order valence-corrected chi connectivity index (χ1v) is 6.86. The van der Waals surface area contributed by atoms with Gasteiger partial charge in [0.1, 0.15) is 10.7 Å². The van der Waals surface area contributed by atoms with Crippen LogP contribution in [0.4, 0.5) is 0 Å². The Labute approximate surface area is 123 Å². The van der Waals surface area contributed by atoms with E-state index in [0.717, 1.165) is 6.21 Å². The molecule has 6 heteroatoms. The van der Waals surface area contributed by atoms with Crippen molar-refractivity contribution in [2.24, 2.45) is 0 Å². The summed E-state index contributed by atoms with van der Waals surface area (Å²) in [4.78, 5) is 0. The molecule has 5 N–H and O–H groups in total. The molecule has 19 heavy (non-hydrogen) atoms. The average molecular weight is 331 g/mol. The molecule has 0 aromatic carbocycles. The largest absolute Gasteiger partial charge is 0.391 e. The highest BCUT2D eigenvalue weighted by Crippen LogP contribution is 2.15. The Morgan fingerprint density at radius 2 is 1.95 bits per heavy atom. The zero-order valence-corrected chi connectivity index (χ0v) is 13.4. The molecule has 5 nitrogen and oxygen atoms in total. The van der Waals surface area contributed by atoms with Gasteiger partial charge in [-0.15, -0.1) is 0 Å². The van der Waals surface area contributed by atoms with E-state index in [9.17, 15) is 5.11 Å². The molecule has 108 valence electrons. The van der Waals surface area contributed by atoms with Crippen LogP contribution in [0.15, 0.2) is 23.5 Å². The topological polar surface area (TPSA) is 92.0 Å². The lowest BCUT2D eigenvalue weighted by Crippen LogP contribution is -2.33. The van der Waals surface area contributed by atoms with Gasteiger partial charge in [-0.1, -0.05) is 0 Å². The number of aliphatic hydroxyl groups excluding tert-OH is 1. The third-order valence-electron chi connectivity index (χ3n) is 2.16. The number of hydrogen-bond donors (Lipinski definition) is 5. The molecule has 0 saturated carbocycles. The Bertz CT molecular complexity index is 383. The monoisotopic (exact) mass is 330 g/mol. The third kappa shape index (κ3) is 7.12. The molecule has 0 aliphatic heterocycles. The number of hydrogen-bond acceptors (Lipinski definition) is 5. The van der Waals surface area contributed by atoms with Gasteiger partial charge in [0.05, 0.1) is 0 Å². The predicted octanol–water partition coefficient (Wildman–Crippen LogP) is 2.13. The summed E-state index contributed by atoms with van der Waals surface area (Å²) in [6.45, 7) is 8.58. The van der Waals surface area contributed by atoms with Gasteiger partial charge in [0, 0.05) is 41.8 Å². The summed E-state index contributed by atoms with van der Waals surface area (Å²) in [6.07, 6.45) is 3.23. The fourth-order valence-corrected chi connectivity index (χ4v) is 1.49. The maximum Gasteiger partial charge on any atom is 0.111 e. The van der Waals surface area contributed by atoms with E-state index >= 15 is 0 Å². The van der Waals surface area contributed by atoms with Gasteiger partial charge in [0.2, 0.25) is 0 Å². The van der Waals surface area contributed by atoms with Crippen molar-refractivity contribution in [1.29, 1.82) is 10.8 Å². The quantitative estimate of drug-likeness (QED) is 0.463. The predicted molar refractivity (Wildman–Crippen MR) is 84.2 cm³/mol. The minimum Gasteiger partial charge on any atom is -0.391 e. The van der Waals surface area contributed by atoms with Crippen LogP contribution in [-0.4, -0.2) is 34.1 Å². The first kappa shape index (κ1) is 17.9. The van der Waals surface area contributed by atoms with Gasteiger partial charge < -0.3 is 21.1 Å². The molecule has 0 aliphatic rings. The normalized spacial score (nSPS) is 14.8. The second-order valence-electron chi connectivity index (χ2n) is 5.06. The van der Waals surface area contributed by atoms with Crippen LogP contribution >= 0.6 is 15.9 Å². The van der Waals surface area contributed by atoms with Crippen molar-refractivity contribution >= 4 is 26.8 Å². The molecule has 0 saturated heterocycles. The summed E-state index contributed by atoms with van der Waals surface area (Å²) in [5.74, 6) is 0. The minimum absolute atomic E-state index is 0.0843. The molecule has 0 aromatic heterocycles. The second-order valence-corrected chi connectivity index (χ2v) is 5.85. The maximum absolute atomic E-state index is 10.2. The smallest absolute Gasteiger partial charge is 0.111 e. The van der Waals surface area contributed by atoms with E-state index in [4.69, 9.17) is 10.8 Å². The molecule has 0 bridgehead atoms. The standard InChI is InChI=1S/C13H23BrN4O/c1-5-17-7-9(6-15)11(19)10(12(14)16)8-18-13(2,3)4/h6-8,11,15-19H,5H2,1-4H3/b9-7+,10-8-,15-6?,16-12?. The summed E-state index contributed by atoms with van der Waals surface area (Å²) in [7, 11) is 0. The lowest BCUT2D eigenvalue weighted by molar-refractivity contribution is 0.258. The average Bonchev–Trinajstić information content (AvgIpc) is 2.28. The lowest BCUT2D eigenvalue weighted by atomic mass is 10.0. The first-order chi connectivity index (χ1) is 8.72. The maximum atomic E-state index is 10.2. The van der Waals surface area contributed by atoms with Gasteiger partial charge in [-0.05, 0) is 43.6 Å². The Kier molecular flexibility index (Phi) is 7.63. The highest BCUT2D eigenvalue weighted by molar-refractivity contribution is 9.18. The zero-order chi connectivity index (χ0) is 15.1. The molecule has 0 aromatic rings. The molecule has 0 spiro atoms. The van der Waals surface area contributed by atoms with Crippen molar-refractivity contribution in [2.45, 2.75) is 39.3 Å². The van der Waals surface area contributed by atoms with Crippen molar-refractivity contribution in [3.05, 3.63) is 23.5 Å². The van der Waals surface area contributed by atoms with Crippen molar-refractivity contribution in [3.63, 3.8) is 0 Å². The fraction of sp³-hybridized carbons (Fsp3) is 0.538. The van der Waals surface area contributed by atoms with Crippen LogP contribution in [0.1, 0.15) is 27.7 Å². The van der Waals surface area contributed by atoms with Gasteiger partial charge in [0.25, 0.3) is 0 Å². The molecule has 0 aliphatic carbocycles. The number of rotatable bonds is 7. The first-order valence-electron chi connectivity index (χ1n) is 6.07. The van der Waals surface area contributed by atoms with E-state index < -0.39 is 6.10 Å². The van der Waals surface area contributed by atoms with Crippen LogP contribution in [-0.2, 0) is 0 Å². The van der Waals surface area contributed by atoms with Crippen LogP contribution in [0.5, 0.6) is 0 Å². The highest BCUT2D eigenvalue weighted by atomic mass is 79.9. The molecular weight excluding hydrogens is 308 g/mol. The van der Waals surface area contributed by atoms with Crippen LogP contribution in [0, 0.1) is 10.8 Å². The SMILES string of the molecule is CCN/C=C(\C=N)C(O)/C(=C/NC(C)(C)C)C(=N)Br. The minimum atomic E-state index is -1.03. The second kappa shape index (κ2) is 8.12. The third-order valence-corrected chi connectivity index (χ3v) is 2.62. The van der Waals surface area contributed by atoms with Crippen molar-refractivity contribution < 1.29 is 5.11 Å². The number of aliphatic hydroxyl groups is 1. The van der Waals surface area contributed by atoms with E-state index in [1.807, 2.05) is 27.7 Å². The van der Waals surface area contributed by atoms with Crippen molar-refractivity contribution in [2.75, 3.05) is 6.54 Å². The van der Waals surface area contributed by atoms with E-state index in [1.54, 1.807) is 12.4 Å². The summed E-state index contributed by atoms with van der Waals surface area (Å²) in [6, 6.07) is 0. The van der Waals surface area contributed by atoms with E-state index in [0.29, 0.717) is 17.7 Å². The van der Waals surface area contributed by atoms with Crippen molar-refractivity contribution in [1.82, 2.24) is 10.6 Å². The molecule has 0 amide bonds. The Morgan fingerprint density at radius 3 is 2.32 bits per heavy atom. The Morgan fingerprint density at radius 1 is 1.37 bits per heavy atom. The zero-order valence-electron chi connectivity index (χ0n) is 11.8. The summed E-state index contributed by atoms with van der Waals surface area (Å²) < 4.78 is 0.0843.